The first-order chi connectivity index (χ1) is 10.8. The Balaban J connectivity index is 1.86. The van der Waals surface area contributed by atoms with E-state index in [0.29, 0.717) is 11.4 Å². The molecule has 0 saturated heterocycles. The van der Waals surface area contributed by atoms with Gasteiger partial charge in [-0.2, -0.15) is 0 Å². The lowest BCUT2D eigenvalue weighted by Gasteiger charge is -2.28. The van der Waals surface area contributed by atoms with Gasteiger partial charge in [-0.25, -0.2) is 20.8 Å². The number of benzene rings is 1. The molecule has 22 heavy (non-hydrogen) atoms. The van der Waals surface area contributed by atoms with Gasteiger partial charge in [-0.3, -0.25) is 5.01 Å². The molecule has 0 aliphatic carbocycles. The van der Waals surface area contributed by atoms with E-state index in [-0.39, 0.29) is 5.95 Å². The second kappa shape index (κ2) is 6.10. The number of nitrogens with two attached hydrogens (primary N) is 2. The van der Waals surface area contributed by atoms with Gasteiger partial charge in [0, 0.05) is 18.0 Å². The quantitative estimate of drug-likeness (QED) is 0.655. The number of hydrazine groups is 1. The molecule has 0 spiro atoms. The van der Waals surface area contributed by atoms with Crippen molar-refractivity contribution in [2.24, 2.45) is 26.8 Å². The zero-order chi connectivity index (χ0) is 15.4. The van der Waals surface area contributed by atoms with E-state index in [4.69, 9.17) is 11.6 Å². The van der Waals surface area contributed by atoms with E-state index in [1.165, 1.54) is 11.2 Å². The van der Waals surface area contributed by atoms with Crippen LogP contribution in [0, 0.1) is 0 Å². The minimum atomic E-state index is -0.716. The van der Waals surface area contributed by atoms with Gasteiger partial charge < -0.3 is 5.73 Å². The number of hydrogen-bond acceptors (Lipinski definition) is 8. The Kier molecular flexibility index (Phi) is 3.84. The van der Waals surface area contributed by atoms with E-state index < -0.39 is 6.29 Å². The van der Waals surface area contributed by atoms with E-state index in [1.807, 2.05) is 30.3 Å². The smallest absolute Gasteiger partial charge is 0.268 e. The van der Waals surface area contributed by atoms with Crippen LogP contribution in [-0.2, 0) is 0 Å². The Hall–Kier alpha value is -3.13. The van der Waals surface area contributed by atoms with Crippen LogP contribution in [0.3, 0.4) is 0 Å². The zero-order valence-electron chi connectivity index (χ0n) is 11.6. The molecule has 0 fully saturated rings. The van der Waals surface area contributed by atoms with Crippen molar-refractivity contribution in [1.29, 1.82) is 0 Å². The molecule has 1 aromatic heterocycles. The molecule has 0 saturated carbocycles. The van der Waals surface area contributed by atoms with E-state index in [9.17, 15) is 0 Å². The maximum atomic E-state index is 6.10. The second-order valence-corrected chi connectivity index (χ2v) is 4.47. The fraction of sp³-hybridized carbons (Fsp3) is 0.0714. The van der Waals surface area contributed by atoms with Crippen LogP contribution in [0.4, 0.5) is 5.95 Å². The molecular weight excluding hydrogens is 280 g/mol. The summed E-state index contributed by atoms with van der Waals surface area (Å²) in [5, 5.41) is 9.37. The summed E-state index contributed by atoms with van der Waals surface area (Å²) in [4.78, 5) is 12.1. The van der Waals surface area contributed by atoms with Crippen molar-refractivity contribution in [3.63, 3.8) is 0 Å². The summed E-state index contributed by atoms with van der Waals surface area (Å²) in [6.07, 6.45) is 3.98. The van der Waals surface area contributed by atoms with Crippen molar-refractivity contribution in [2.75, 3.05) is 0 Å². The van der Waals surface area contributed by atoms with E-state index >= 15 is 0 Å². The lowest BCUT2D eigenvalue weighted by Crippen LogP contribution is -2.41. The van der Waals surface area contributed by atoms with Gasteiger partial charge in [0.1, 0.15) is 0 Å². The molecule has 8 heteroatoms. The molecule has 1 unspecified atom stereocenters. The fourth-order valence-electron chi connectivity index (χ4n) is 1.99. The molecule has 3 rings (SSSR count). The Morgan fingerprint density at radius 2 is 1.77 bits per heavy atom. The molecule has 4 N–H and O–H groups in total. The maximum absolute atomic E-state index is 6.10. The van der Waals surface area contributed by atoms with Crippen molar-refractivity contribution in [2.45, 2.75) is 6.29 Å². The summed E-state index contributed by atoms with van der Waals surface area (Å²) in [6.45, 7) is 0. The Morgan fingerprint density at radius 1 is 1.05 bits per heavy atom. The third-order valence-electron chi connectivity index (χ3n) is 2.98. The van der Waals surface area contributed by atoms with Gasteiger partial charge in [-0.1, -0.05) is 30.3 Å². The number of allylic oxidation sites excluding steroid dienone is 1. The highest BCUT2D eigenvalue weighted by molar-refractivity contribution is 5.90. The van der Waals surface area contributed by atoms with Crippen LogP contribution in [0.5, 0.6) is 0 Å². The van der Waals surface area contributed by atoms with Crippen molar-refractivity contribution < 1.29 is 0 Å². The summed E-state index contributed by atoms with van der Waals surface area (Å²) in [5.41, 5.74) is 7.98. The lowest BCUT2D eigenvalue weighted by atomic mass is 10.1. The standard InChI is InChI=1S/C14H14N8/c15-11-9-19-14(21-20-13-17-7-4-8-18-13)22(16)12(11)10-5-2-1-3-6-10/h1-9,14H,15-16H2. The molecule has 110 valence electrons. The van der Waals surface area contributed by atoms with Gasteiger partial charge in [-0.15, -0.1) is 10.2 Å². The van der Waals surface area contributed by atoms with Crippen LogP contribution in [0.1, 0.15) is 5.56 Å². The summed E-state index contributed by atoms with van der Waals surface area (Å²) in [7, 11) is 0. The van der Waals surface area contributed by atoms with Gasteiger partial charge in [0.05, 0.1) is 17.6 Å². The number of aliphatic imine (C=N–C) groups is 1. The lowest BCUT2D eigenvalue weighted by molar-refractivity contribution is 0.306. The summed E-state index contributed by atoms with van der Waals surface area (Å²) in [5.74, 6) is 6.34. The molecule has 1 atom stereocenters. The first-order valence-corrected chi connectivity index (χ1v) is 6.56. The zero-order valence-corrected chi connectivity index (χ0v) is 11.6. The Bertz CT molecular complexity index is 723. The minimum absolute atomic E-state index is 0.245. The molecule has 8 nitrogen and oxygen atoms in total. The number of azo groups is 1. The first kappa shape index (κ1) is 13.8. The van der Waals surface area contributed by atoms with E-state index in [0.717, 1.165) is 5.56 Å². The normalized spacial score (nSPS) is 18.2. The Morgan fingerprint density at radius 3 is 2.50 bits per heavy atom. The monoisotopic (exact) mass is 294 g/mol. The van der Waals surface area contributed by atoms with Crippen LogP contribution in [-0.4, -0.2) is 27.5 Å². The molecule has 1 aliphatic heterocycles. The fourth-order valence-corrected chi connectivity index (χ4v) is 1.99. The number of aromatic nitrogens is 2. The van der Waals surface area contributed by atoms with Crippen molar-refractivity contribution >= 4 is 17.9 Å². The van der Waals surface area contributed by atoms with E-state index in [2.05, 4.69) is 25.2 Å². The highest BCUT2D eigenvalue weighted by Crippen LogP contribution is 2.24. The summed E-state index contributed by atoms with van der Waals surface area (Å²) < 4.78 is 0. The van der Waals surface area contributed by atoms with Crippen LogP contribution in [0.25, 0.3) is 5.70 Å². The number of hydrogen-bond donors (Lipinski definition) is 2. The van der Waals surface area contributed by atoms with Gasteiger partial charge >= 0.3 is 0 Å². The van der Waals surface area contributed by atoms with Gasteiger partial charge in [-0.05, 0) is 6.07 Å². The van der Waals surface area contributed by atoms with Gasteiger partial charge in [0.25, 0.3) is 5.95 Å². The highest BCUT2D eigenvalue weighted by Gasteiger charge is 2.23. The van der Waals surface area contributed by atoms with E-state index in [1.54, 1.807) is 18.5 Å². The number of nitrogens with zero attached hydrogens (tertiary/aromatic N) is 6. The van der Waals surface area contributed by atoms with Crippen molar-refractivity contribution in [3.05, 3.63) is 60.1 Å². The maximum Gasteiger partial charge on any atom is 0.268 e. The van der Waals surface area contributed by atoms with Crippen molar-refractivity contribution in [1.82, 2.24) is 15.0 Å². The number of rotatable bonds is 3. The Labute approximate surface area is 126 Å². The van der Waals surface area contributed by atoms with Crippen LogP contribution in [0.2, 0.25) is 0 Å². The summed E-state index contributed by atoms with van der Waals surface area (Å²) in [6, 6.07) is 11.3. The third kappa shape index (κ3) is 2.81. The predicted octanol–water partition coefficient (Wildman–Crippen LogP) is 1.43. The second-order valence-electron chi connectivity index (χ2n) is 4.47. The average Bonchev–Trinajstić information content (AvgIpc) is 2.56. The first-order valence-electron chi connectivity index (χ1n) is 6.56. The third-order valence-corrected chi connectivity index (χ3v) is 2.98. The van der Waals surface area contributed by atoms with Crippen LogP contribution < -0.4 is 11.6 Å². The predicted molar refractivity (Wildman–Crippen MR) is 82.4 cm³/mol. The molecular formula is C14H14N8. The van der Waals surface area contributed by atoms with Gasteiger partial charge in [0.15, 0.2) is 0 Å². The molecule has 1 aromatic carbocycles. The largest absolute Gasteiger partial charge is 0.396 e. The minimum Gasteiger partial charge on any atom is -0.396 e. The summed E-state index contributed by atoms with van der Waals surface area (Å²) >= 11 is 0. The average molecular weight is 294 g/mol. The topological polar surface area (TPSA) is 118 Å². The van der Waals surface area contributed by atoms with Crippen molar-refractivity contribution in [3.8, 4) is 0 Å². The SMILES string of the molecule is NC1=C(c2ccccc2)N(N)C(N=Nc2ncccn2)N=C1. The highest BCUT2D eigenvalue weighted by atomic mass is 15.5. The van der Waals surface area contributed by atoms with Gasteiger partial charge in [0.2, 0.25) is 6.29 Å². The van der Waals surface area contributed by atoms with Crippen LogP contribution >= 0.6 is 0 Å². The van der Waals surface area contributed by atoms with Crippen LogP contribution in [0.15, 0.2) is 69.7 Å². The molecule has 2 aromatic rings. The molecule has 1 aliphatic rings. The molecule has 2 heterocycles. The molecule has 0 amide bonds. The molecule has 0 radical (unpaired) electrons. The molecule has 0 bridgehead atoms.